The minimum absolute atomic E-state index is 0.308. The number of alkyl carbamates (subject to hydrolysis) is 1. The van der Waals surface area contributed by atoms with Gasteiger partial charge < -0.3 is 15.4 Å². The summed E-state index contributed by atoms with van der Waals surface area (Å²) < 4.78 is 5.37. The van der Waals surface area contributed by atoms with E-state index in [-0.39, 0.29) is 11.6 Å². The third-order valence-corrected chi connectivity index (χ3v) is 3.62. The van der Waals surface area contributed by atoms with Gasteiger partial charge >= 0.3 is 6.09 Å². The summed E-state index contributed by atoms with van der Waals surface area (Å²) >= 11 is 0. The van der Waals surface area contributed by atoms with Gasteiger partial charge in [0.05, 0.1) is 11.2 Å². The molecule has 1 aromatic rings. The molecule has 5 heteroatoms. The van der Waals surface area contributed by atoms with Gasteiger partial charge in [-0.1, -0.05) is 19.9 Å². The molecule has 0 aromatic carbocycles. The van der Waals surface area contributed by atoms with E-state index in [9.17, 15) is 4.79 Å². The third kappa shape index (κ3) is 6.43. The van der Waals surface area contributed by atoms with Gasteiger partial charge in [-0.15, -0.1) is 0 Å². The Balaban J connectivity index is 2.57. The molecule has 0 bridgehead atoms. The molecule has 5 nitrogen and oxygen atoms in total. The van der Waals surface area contributed by atoms with Crippen LogP contribution in [0.1, 0.15) is 53.2 Å². The first kappa shape index (κ1) is 18.4. The lowest BCUT2D eigenvalue weighted by Crippen LogP contribution is -2.55. The zero-order chi connectivity index (χ0) is 16.6. The largest absolute Gasteiger partial charge is 0.444 e. The predicted octanol–water partition coefficient (Wildman–Crippen LogP) is 3.25. The van der Waals surface area contributed by atoms with Crippen LogP contribution < -0.4 is 10.6 Å². The van der Waals surface area contributed by atoms with Gasteiger partial charge in [-0.05, 0) is 45.7 Å². The van der Waals surface area contributed by atoms with E-state index in [1.807, 2.05) is 39.0 Å². The van der Waals surface area contributed by atoms with Crippen LogP contribution >= 0.6 is 0 Å². The van der Waals surface area contributed by atoms with E-state index in [1.165, 1.54) is 0 Å². The van der Waals surface area contributed by atoms with E-state index in [0.29, 0.717) is 13.1 Å². The fourth-order valence-corrected chi connectivity index (χ4v) is 2.17. The van der Waals surface area contributed by atoms with Crippen molar-refractivity contribution >= 4 is 6.09 Å². The normalized spacial score (nSPS) is 12.0. The van der Waals surface area contributed by atoms with Crippen molar-refractivity contribution < 1.29 is 9.53 Å². The zero-order valence-electron chi connectivity index (χ0n) is 14.4. The Labute approximate surface area is 133 Å². The van der Waals surface area contributed by atoms with E-state index < -0.39 is 5.60 Å². The van der Waals surface area contributed by atoms with Gasteiger partial charge in [0.25, 0.3) is 0 Å². The van der Waals surface area contributed by atoms with E-state index in [1.54, 1.807) is 6.20 Å². The van der Waals surface area contributed by atoms with Crippen LogP contribution in [0.3, 0.4) is 0 Å². The summed E-state index contributed by atoms with van der Waals surface area (Å²) in [5.41, 5.74) is 0.191. The molecule has 0 aliphatic heterocycles. The second-order valence-electron chi connectivity index (χ2n) is 6.54. The lowest BCUT2D eigenvalue weighted by Gasteiger charge is -2.34. The molecule has 0 unspecified atom stereocenters. The van der Waals surface area contributed by atoms with Gasteiger partial charge in [-0.2, -0.15) is 0 Å². The van der Waals surface area contributed by atoms with E-state index in [4.69, 9.17) is 4.74 Å². The van der Waals surface area contributed by atoms with Gasteiger partial charge in [0.1, 0.15) is 5.60 Å². The van der Waals surface area contributed by atoms with Gasteiger partial charge in [0.15, 0.2) is 0 Å². The average molecular weight is 307 g/mol. The first-order chi connectivity index (χ1) is 10.3. The summed E-state index contributed by atoms with van der Waals surface area (Å²) in [5, 5.41) is 6.41. The monoisotopic (exact) mass is 307 g/mol. The molecule has 0 aliphatic carbocycles. The first-order valence-corrected chi connectivity index (χ1v) is 7.92. The first-order valence-electron chi connectivity index (χ1n) is 7.92. The van der Waals surface area contributed by atoms with E-state index in [0.717, 1.165) is 18.5 Å². The number of rotatable bonds is 7. The summed E-state index contributed by atoms with van der Waals surface area (Å²) in [7, 11) is 0. The van der Waals surface area contributed by atoms with Gasteiger partial charge in [0.2, 0.25) is 0 Å². The van der Waals surface area contributed by atoms with Crippen LogP contribution in [0.25, 0.3) is 0 Å². The highest BCUT2D eigenvalue weighted by Crippen LogP contribution is 2.16. The van der Waals surface area contributed by atoms with Crippen molar-refractivity contribution in [3.05, 3.63) is 30.1 Å². The molecule has 1 rings (SSSR count). The fraction of sp³-hybridized carbons (Fsp3) is 0.647. The van der Waals surface area contributed by atoms with Crippen LogP contribution in [0.4, 0.5) is 4.79 Å². The molecule has 1 heterocycles. The molecule has 0 spiro atoms. The Hall–Kier alpha value is -1.62. The molecule has 2 N–H and O–H groups in total. The van der Waals surface area contributed by atoms with E-state index >= 15 is 0 Å². The van der Waals surface area contributed by atoms with Crippen molar-refractivity contribution in [3.8, 4) is 0 Å². The Morgan fingerprint density at radius 3 is 2.41 bits per heavy atom. The van der Waals surface area contributed by atoms with Crippen molar-refractivity contribution in [1.82, 2.24) is 15.6 Å². The van der Waals surface area contributed by atoms with Crippen molar-refractivity contribution in [2.45, 2.75) is 65.1 Å². The fourth-order valence-electron chi connectivity index (χ4n) is 2.17. The van der Waals surface area contributed by atoms with Crippen LogP contribution in [0.5, 0.6) is 0 Å². The van der Waals surface area contributed by atoms with Crippen molar-refractivity contribution in [2.24, 2.45) is 0 Å². The maximum absolute atomic E-state index is 12.1. The molecule has 1 aromatic heterocycles. The third-order valence-electron chi connectivity index (χ3n) is 3.62. The number of nitrogens with one attached hydrogen (secondary N) is 2. The molecule has 0 atom stereocenters. The number of pyridine rings is 1. The van der Waals surface area contributed by atoms with Crippen LogP contribution in [0.15, 0.2) is 24.4 Å². The minimum atomic E-state index is -0.487. The van der Waals surface area contributed by atoms with Crippen LogP contribution in [0.2, 0.25) is 0 Å². The smallest absolute Gasteiger partial charge is 0.408 e. The van der Waals surface area contributed by atoms with Crippen LogP contribution in [-0.2, 0) is 11.3 Å². The zero-order valence-corrected chi connectivity index (χ0v) is 14.4. The van der Waals surface area contributed by atoms with Gasteiger partial charge in [-0.3, -0.25) is 4.98 Å². The standard InChI is InChI=1S/C17H29N3O2/c1-6-17(7-2,20-15(21)22-16(3,4)5)13-18-12-14-10-8-9-11-19-14/h8-11,18H,6-7,12-13H2,1-5H3,(H,20,21). The number of hydrogen-bond donors (Lipinski definition) is 2. The molecule has 0 fully saturated rings. The number of carbonyl (C=O) groups excluding carboxylic acids is 1. The van der Waals surface area contributed by atoms with Crippen molar-refractivity contribution in [3.63, 3.8) is 0 Å². The Morgan fingerprint density at radius 1 is 1.23 bits per heavy atom. The molecule has 22 heavy (non-hydrogen) atoms. The summed E-state index contributed by atoms with van der Waals surface area (Å²) in [4.78, 5) is 16.3. The summed E-state index contributed by atoms with van der Waals surface area (Å²) in [6.07, 6.45) is 3.08. The highest BCUT2D eigenvalue weighted by atomic mass is 16.6. The number of aromatic nitrogens is 1. The van der Waals surface area contributed by atoms with Crippen LogP contribution in [0, 0.1) is 0 Å². The summed E-state index contributed by atoms with van der Waals surface area (Å²) in [5.74, 6) is 0. The molecule has 1 amide bonds. The number of nitrogens with zero attached hydrogens (tertiary/aromatic N) is 1. The average Bonchev–Trinajstić information content (AvgIpc) is 2.45. The summed E-state index contributed by atoms with van der Waals surface area (Å²) in [6, 6.07) is 5.85. The molecule has 0 aliphatic rings. The quantitative estimate of drug-likeness (QED) is 0.811. The molecule has 0 saturated carbocycles. The second kappa shape index (κ2) is 8.13. The van der Waals surface area contributed by atoms with Gasteiger partial charge in [-0.25, -0.2) is 4.79 Å². The molecule has 0 radical (unpaired) electrons. The maximum Gasteiger partial charge on any atom is 0.408 e. The lowest BCUT2D eigenvalue weighted by molar-refractivity contribution is 0.0446. The summed E-state index contributed by atoms with van der Waals surface area (Å²) in [6.45, 7) is 11.1. The number of amides is 1. The Bertz CT molecular complexity index is 451. The number of carbonyl (C=O) groups is 1. The topological polar surface area (TPSA) is 63.2 Å². The second-order valence-corrected chi connectivity index (χ2v) is 6.54. The number of ether oxygens (including phenoxy) is 1. The Kier molecular flexibility index (Phi) is 6.81. The Morgan fingerprint density at radius 2 is 1.91 bits per heavy atom. The number of hydrogen-bond acceptors (Lipinski definition) is 4. The van der Waals surface area contributed by atoms with Crippen molar-refractivity contribution in [1.29, 1.82) is 0 Å². The maximum atomic E-state index is 12.1. The van der Waals surface area contributed by atoms with Crippen LogP contribution in [-0.4, -0.2) is 28.8 Å². The molecular weight excluding hydrogens is 278 g/mol. The van der Waals surface area contributed by atoms with E-state index in [2.05, 4.69) is 29.5 Å². The highest BCUT2D eigenvalue weighted by molar-refractivity contribution is 5.68. The molecule has 124 valence electrons. The van der Waals surface area contributed by atoms with Crippen molar-refractivity contribution in [2.75, 3.05) is 6.54 Å². The van der Waals surface area contributed by atoms with Gasteiger partial charge in [0, 0.05) is 19.3 Å². The minimum Gasteiger partial charge on any atom is -0.444 e. The predicted molar refractivity (Wildman–Crippen MR) is 88.6 cm³/mol. The molecule has 0 saturated heterocycles. The highest BCUT2D eigenvalue weighted by Gasteiger charge is 2.30. The lowest BCUT2D eigenvalue weighted by atomic mass is 9.93. The SMILES string of the molecule is CCC(CC)(CNCc1ccccn1)NC(=O)OC(C)(C)C. The molecular formula is C17H29N3O2.